The molecule has 0 fully saturated rings. The van der Waals surface area contributed by atoms with E-state index in [1.54, 1.807) is 6.92 Å². The number of carbonyl (C=O) groups excluding carboxylic acids is 2. The maximum atomic E-state index is 11.7. The highest BCUT2D eigenvalue weighted by molar-refractivity contribution is 5.81. The largest absolute Gasteiger partial charge is 0.466 e. The van der Waals surface area contributed by atoms with Gasteiger partial charge < -0.3 is 15.8 Å². The first-order chi connectivity index (χ1) is 8.42. The molecule has 0 aliphatic heterocycles. The van der Waals surface area contributed by atoms with Crippen LogP contribution >= 0.6 is 0 Å². The number of ether oxygens (including phenoxy) is 1. The van der Waals surface area contributed by atoms with Crippen LogP contribution in [0.5, 0.6) is 0 Å². The molecule has 0 aromatic carbocycles. The van der Waals surface area contributed by atoms with Crippen LogP contribution < -0.4 is 11.1 Å². The topological polar surface area (TPSA) is 81.4 Å². The third-order valence-electron chi connectivity index (χ3n) is 3.00. The summed E-state index contributed by atoms with van der Waals surface area (Å²) in [6, 6.07) is -0.482. The van der Waals surface area contributed by atoms with Gasteiger partial charge in [-0.2, -0.15) is 0 Å². The number of hydrogen-bond acceptors (Lipinski definition) is 4. The van der Waals surface area contributed by atoms with Crippen molar-refractivity contribution in [1.29, 1.82) is 0 Å². The molecule has 0 saturated carbocycles. The number of rotatable bonds is 8. The second-order valence-electron chi connectivity index (χ2n) is 4.77. The summed E-state index contributed by atoms with van der Waals surface area (Å²) >= 11 is 0. The van der Waals surface area contributed by atoms with E-state index >= 15 is 0 Å². The van der Waals surface area contributed by atoms with Crippen LogP contribution in [-0.4, -0.2) is 31.1 Å². The number of nitrogens with one attached hydrogen (secondary N) is 1. The fraction of sp³-hybridized carbons (Fsp3) is 0.846. The van der Waals surface area contributed by atoms with Gasteiger partial charge in [-0.25, -0.2) is 0 Å². The molecule has 18 heavy (non-hydrogen) atoms. The van der Waals surface area contributed by atoms with Crippen molar-refractivity contribution in [2.45, 2.75) is 46.6 Å². The molecule has 0 radical (unpaired) electrons. The molecule has 0 aromatic heterocycles. The number of nitrogens with two attached hydrogens (primary N) is 1. The smallest absolute Gasteiger partial charge is 0.306 e. The first-order valence-corrected chi connectivity index (χ1v) is 6.61. The zero-order valence-corrected chi connectivity index (χ0v) is 11.9. The summed E-state index contributed by atoms with van der Waals surface area (Å²) < 4.78 is 4.85. The van der Waals surface area contributed by atoms with Crippen molar-refractivity contribution < 1.29 is 14.3 Å². The summed E-state index contributed by atoms with van der Waals surface area (Å²) in [6.45, 7) is 8.45. The van der Waals surface area contributed by atoms with Crippen molar-refractivity contribution >= 4 is 11.9 Å². The van der Waals surface area contributed by atoms with Gasteiger partial charge in [0.15, 0.2) is 0 Å². The maximum absolute atomic E-state index is 11.7. The molecule has 3 atom stereocenters. The number of amides is 1. The van der Waals surface area contributed by atoms with E-state index in [1.165, 1.54) is 0 Å². The second-order valence-corrected chi connectivity index (χ2v) is 4.77. The average Bonchev–Trinajstić information content (AvgIpc) is 2.34. The molecule has 3 unspecified atom stereocenters. The van der Waals surface area contributed by atoms with E-state index in [2.05, 4.69) is 5.32 Å². The van der Waals surface area contributed by atoms with Crippen LogP contribution in [0, 0.1) is 11.8 Å². The van der Waals surface area contributed by atoms with Crippen molar-refractivity contribution in [3.8, 4) is 0 Å². The number of carbonyl (C=O) groups is 2. The first-order valence-electron chi connectivity index (χ1n) is 6.61. The molecular formula is C13H26N2O3. The monoisotopic (exact) mass is 258 g/mol. The highest BCUT2D eigenvalue weighted by atomic mass is 16.5. The zero-order valence-electron chi connectivity index (χ0n) is 11.9. The summed E-state index contributed by atoms with van der Waals surface area (Å²) in [5.74, 6) is -0.173. The third-order valence-corrected chi connectivity index (χ3v) is 3.00. The molecule has 0 spiro atoms. The Bertz CT molecular complexity index is 269. The molecule has 0 saturated heterocycles. The molecule has 5 nitrogen and oxygen atoms in total. The molecule has 3 N–H and O–H groups in total. The lowest BCUT2D eigenvalue weighted by Crippen LogP contribution is -2.45. The molecule has 0 aromatic rings. The van der Waals surface area contributed by atoms with E-state index in [4.69, 9.17) is 10.5 Å². The first kappa shape index (κ1) is 16.9. The van der Waals surface area contributed by atoms with E-state index < -0.39 is 6.04 Å². The van der Waals surface area contributed by atoms with Crippen molar-refractivity contribution in [2.75, 3.05) is 13.2 Å². The summed E-state index contributed by atoms with van der Waals surface area (Å²) in [5, 5.41) is 2.77. The van der Waals surface area contributed by atoms with Crippen molar-refractivity contribution in [2.24, 2.45) is 17.6 Å². The van der Waals surface area contributed by atoms with E-state index in [-0.39, 0.29) is 23.7 Å². The van der Waals surface area contributed by atoms with Gasteiger partial charge in [-0.1, -0.05) is 27.2 Å². The molecule has 0 heterocycles. The fourth-order valence-corrected chi connectivity index (χ4v) is 1.48. The van der Waals surface area contributed by atoms with E-state index in [1.807, 2.05) is 20.8 Å². The van der Waals surface area contributed by atoms with Crippen molar-refractivity contribution in [3.05, 3.63) is 0 Å². The second kappa shape index (κ2) is 8.91. The Hall–Kier alpha value is -1.10. The van der Waals surface area contributed by atoms with Crippen molar-refractivity contribution in [3.63, 3.8) is 0 Å². The van der Waals surface area contributed by atoms with Crippen LogP contribution in [0.15, 0.2) is 0 Å². The molecule has 5 heteroatoms. The van der Waals surface area contributed by atoms with Gasteiger partial charge in [0.05, 0.1) is 12.6 Å². The zero-order chi connectivity index (χ0) is 14.1. The Morgan fingerprint density at radius 2 is 1.89 bits per heavy atom. The molecule has 0 aliphatic rings. The normalized spacial score (nSPS) is 15.6. The quantitative estimate of drug-likeness (QED) is 0.638. The minimum Gasteiger partial charge on any atom is -0.466 e. The molecule has 1 amide bonds. The summed E-state index contributed by atoms with van der Waals surface area (Å²) in [5.41, 5.74) is 5.80. The van der Waals surface area contributed by atoms with Crippen LogP contribution in [-0.2, 0) is 14.3 Å². The molecule has 0 rings (SSSR count). The van der Waals surface area contributed by atoms with Gasteiger partial charge in [0.25, 0.3) is 0 Å². The average molecular weight is 258 g/mol. The predicted octanol–water partition coefficient (Wildman–Crippen LogP) is 1.07. The highest BCUT2D eigenvalue weighted by Gasteiger charge is 2.20. The minimum absolute atomic E-state index is 0.0529. The van der Waals surface area contributed by atoms with Gasteiger partial charge in [-0.15, -0.1) is 0 Å². The Labute approximate surface area is 109 Å². The summed E-state index contributed by atoms with van der Waals surface area (Å²) in [6.07, 6.45) is 1.18. The molecule has 0 bridgehead atoms. The SMILES string of the molecule is CCOC(=O)CC(C)CNC(=O)C(N)C(C)CC. The molecule has 106 valence electrons. The summed E-state index contributed by atoms with van der Waals surface area (Å²) in [7, 11) is 0. The predicted molar refractivity (Wildman–Crippen MR) is 70.9 cm³/mol. The van der Waals surface area contributed by atoms with Gasteiger partial charge in [-0.05, 0) is 18.8 Å². The summed E-state index contributed by atoms with van der Waals surface area (Å²) in [4.78, 5) is 22.9. The number of esters is 1. The van der Waals surface area contributed by atoms with Gasteiger partial charge in [-0.3, -0.25) is 9.59 Å². The van der Waals surface area contributed by atoms with Gasteiger partial charge in [0.2, 0.25) is 5.91 Å². The lowest BCUT2D eigenvalue weighted by molar-refractivity contribution is -0.144. The Balaban J connectivity index is 3.94. The van der Waals surface area contributed by atoms with Crippen LogP contribution in [0.3, 0.4) is 0 Å². The van der Waals surface area contributed by atoms with E-state index in [0.717, 1.165) is 6.42 Å². The van der Waals surface area contributed by atoms with Crippen molar-refractivity contribution in [1.82, 2.24) is 5.32 Å². The van der Waals surface area contributed by atoms with Crippen LogP contribution in [0.25, 0.3) is 0 Å². The molecular weight excluding hydrogens is 232 g/mol. The van der Waals surface area contributed by atoms with E-state index in [0.29, 0.717) is 19.6 Å². The molecule has 0 aliphatic carbocycles. The Morgan fingerprint density at radius 1 is 1.28 bits per heavy atom. The third kappa shape index (κ3) is 6.59. The van der Waals surface area contributed by atoms with Gasteiger partial charge >= 0.3 is 5.97 Å². The lowest BCUT2D eigenvalue weighted by Gasteiger charge is -2.19. The minimum atomic E-state index is -0.482. The van der Waals surface area contributed by atoms with Crippen LogP contribution in [0.2, 0.25) is 0 Å². The van der Waals surface area contributed by atoms with Crippen LogP contribution in [0.1, 0.15) is 40.5 Å². The van der Waals surface area contributed by atoms with E-state index in [9.17, 15) is 9.59 Å². The standard InChI is InChI=1S/C13H26N2O3/c1-5-10(4)12(14)13(17)15-8-9(3)7-11(16)18-6-2/h9-10,12H,5-8,14H2,1-4H3,(H,15,17). The Kier molecular flexibility index (Phi) is 8.37. The number of hydrogen-bond donors (Lipinski definition) is 2. The maximum Gasteiger partial charge on any atom is 0.306 e. The fourth-order valence-electron chi connectivity index (χ4n) is 1.48. The Morgan fingerprint density at radius 3 is 2.39 bits per heavy atom. The highest BCUT2D eigenvalue weighted by Crippen LogP contribution is 2.06. The van der Waals surface area contributed by atoms with Crippen LogP contribution in [0.4, 0.5) is 0 Å². The lowest BCUT2D eigenvalue weighted by atomic mass is 9.99. The van der Waals surface area contributed by atoms with Gasteiger partial charge in [0.1, 0.15) is 0 Å². The van der Waals surface area contributed by atoms with Gasteiger partial charge in [0, 0.05) is 13.0 Å².